The van der Waals surface area contributed by atoms with Gasteiger partial charge in [0, 0.05) is 24.5 Å². The Kier molecular flexibility index (Phi) is 7.75. The van der Waals surface area contributed by atoms with Gasteiger partial charge in [-0.2, -0.15) is 0 Å². The monoisotopic (exact) mass is 464 g/mol. The van der Waals surface area contributed by atoms with Gasteiger partial charge in [-0.3, -0.25) is 0 Å². The molecular formula is C21H29IN4. The number of anilines is 2. The molecular weight excluding hydrogens is 435 g/mol. The number of hydrogen-bond donors (Lipinski definition) is 2. The number of aliphatic imine (C=N–C) groups is 1. The second kappa shape index (κ2) is 9.80. The van der Waals surface area contributed by atoms with Gasteiger partial charge in [-0.05, 0) is 55.5 Å². The lowest BCUT2D eigenvalue weighted by Crippen LogP contribution is -2.32. The van der Waals surface area contributed by atoms with Gasteiger partial charge in [0.2, 0.25) is 0 Å². The normalized spacial score (nSPS) is 15.5. The van der Waals surface area contributed by atoms with E-state index in [0.717, 1.165) is 24.7 Å². The SMILES string of the molecule is Cc1ccc(NC(N)=NCc2ccc(N3CCC(C)CC3)cc2)cc1.I. The number of nitrogens with zero attached hydrogens (tertiary/aromatic N) is 2. The van der Waals surface area contributed by atoms with E-state index in [2.05, 4.69) is 65.5 Å². The minimum Gasteiger partial charge on any atom is -0.372 e. The Morgan fingerprint density at radius 3 is 2.31 bits per heavy atom. The van der Waals surface area contributed by atoms with Crippen LogP contribution >= 0.6 is 24.0 Å². The summed E-state index contributed by atoms with van der Waals surface area (Å²) in [4.78, 5) is 6.91. The Labute approximate surface area is 173 Å². The average Bonchev–Trinajstić information content (AvgIpc) is 2.63. The van der Waals surface area contributed by atoms with Gasteiger partial charge in [-0.15, -0.1) is 24.0 Å². The van der Waals surface area contributed by atoms with Gasteiger partial charge >= 0.3 is 0 Å². The fourth-order valence-corrected chi connectivity index (χ4v) is 3.08. The third-order valence-electron chi connectivity index (χ3n) is 4.84. The number of nitrogens with one attached hydrogen (secondary N) is 1. The van der Waals surface area contributed by atoms with Crippen LogP contribution in [0.5, 0.6) is 0 Å². The maximum atomic E-state index is 5.98. The highest BCUT2D eigenvalue weighted by Gasteiger charge is 2.15. The van der Waals surface area contributed by atoms with Gasteiger partial charge in [0.1, 0.15) is 0 Å². The van der Waals surface area contributed by atoms with Crippen molar-refractivity contribution in [1.82, 2.24) is 0 Å². The summed E-state index contributed by atoms with van der Waals surface area (Å²) < 4.78 is 0. The Bertz CT molecular complexity index is 702. The molecule has 1 saturated heterocycles. The maximum Gasteiger partial charge on any atom is 0.193 e. The van der Waals surface area contributed by atoms with E-state index in [1.54, 1.807) is 0 Å². The van der Waals surface area contributed by atoms with Crippen LogP contribution in [0.2, 0.25) is 0 Å². The van der Waals surface area contributed by atoms with Gasteiger partial charge in [-0.1, -0.05) is 36.8 Å². The van der Waals surface area contributed by atoms with Gasteiger partial charge < -0.3 is 16.0 Å². The van der Waals surface area contributed by atoms with E-state index in [9.17, 15) is 0 Å². The molecule has 1 aliphatic rings. The topological polar surface area (TPSA) is 53.6 Å². The number of piperidine rings is 1. The molecule has 0 unspecified atom stereocenters. The molecule has 1 heterocycles. The first-order valence-electron chi connectivity index (χ1n) is 9.07. The van der Waals surface area contributed by atoms with Gasteiger partial charge in [0.05, 0.1) is 6.54 Å². The molecule has 1 fully saturated rings. The van der Waals surface area contributed by atoms with Crippen molar-refractivity contribution >= 4 is 41.3 Å². The van der Waals surface area contributed by atoms with E-state index >= 15 is 0 Å². The lowest BCUT2D eigenvalue weighted by molar-refractivity contribution is 0.438. The lowest BCUT2D eigenvalue weighted by atomic mass is 9.99. The highest BCUT2D eigenvalue weighted by molar-refractivity contribution is 14.0. The zero-order valence-corrected chi connectivity index (χ0v) is 17.9. The van der Waals surface area contributed by atoms with Crippen molar-refractivity contribution in [2.45, 2.75) is 33.2 Å². The van der Waals surface area contributed by atoms with Crippen LogP contribution in [0.4, 0.5) is 11.4 Å². The van der Waals surface area contributed by atoms with Crippen molar-refractivity contribution < 1.29 is 0 Å². The minimum atomic E-state index is 0. The van der Waals surface area contributed by atoms with Crippen molar-refractivity contribution in [3.05, 3.63) is 59.7 Å². The summed E-state index contributed by atoms with van der Waals surface area (Å²) >= 11 is 0. The highest BCUT2D eigenvalue weighted by Crippen LogP contribution is 2.23. The van der Waals surface area contributed by atoms with E-state index in [0.29, 0.717) is 12.5 Å². The Hall–Kier alpha value is -1.76. The molecule has 0 amide bonds. The number of nitrogens with two attached hydrogens (primary N) is 1. The molecule has 3 rings (SSSR count). The van der Waals surface area contributed by atoms with Crippen molar-refractivity contribution in [2.75, 3.05) is 23.3 Å². The molecule has 3 N–H and O–H groups in total. The molecule has 5 heteroatoms. The van der Waals surface area contributed by atoms with E-state index in [1.165, 1.54) is 29.7 Å². The smallest absolute Gasteiger partial charge is 0.193 e. The maximum absolute atomic E-state index is 5.98. The predicted molar refractivity (Wildman–Crippen MR) is 123 cm³/mol. The van der Waals surface area contributed by atoms with E-state index in [4.69, 9.17) is 5.73 Å². The predicted octanol–water partition coefficient (Wildman–Crippen LogP) is 4.78. The summed E-state index contributed by atoms with van der Waals surface area (Å²) in [7, 11) is 0. The fraction of sp³-hybridized carbons (Fsp3) is 0.381. The molecule has 0 radical (unpaired) electrons. The molecule has 2 aromatic carbocycles. The van der Waals surface area contributed by atoms with Crippen molar-refractivity contribution in [3.63, 3.8) is 0 Å². The standard InChI is InChI=1S/C21H28N4.HI/c1-16-3-7-19(8-4-16)24-21(22)23-15-18-5-9-20(10-6-18)25-13-11-17(2)12-14-25;/h3-10,17H,11-15H2,1-2H3,(H3,22,23,24);1H. The fourth-order valence-electron chi connectivity index (χ4n) is 3.08. The van der Waals surface area contributed by atoms with Crippen LogP contribution in [-0.4, -0.2) is 19.0 Å². The molecule has 140 valence electrons. The largest absolute Gasteiger partial charge is 0.372 e. The van der Waals surface area contributed by atoms with E-state index < -0.39 is 0 Å². The summed E-state index contributed by atoms with van der Waals surface area (Å²) in [5.74, 6) is 1.30. The summed E-state index contributed by atoms with van der Waals surface area (Å²) in [6, 6.07) is 16.8. The number of benzene rings is 2. The van der Waals surface area contributed by atoms with Gasteiger partial charge in [0.25, 0.3) is 0 Å². The second-order valence-corrected chi connectivity index (χ2v) is 7.03. The summed E-state index contributed by atoms with van der Waals surface area (Å²) in [6.07, 6.45) is 2.57. The lowest BCUT2D eigenvalue weighted by Gasteiger charge is -2.32. The number of halogens is 1. The van der Waals surface area contributed by atoms with Crippen LogP contribution in [0.25, 0.3) is 0 Å². The molecule has 0 atom stereocenters. The summed E-state index contributed by atoms with van der Waals surface area (Å²) in [5.41, 5.74) is 10.6. The van der Waals surface area contributed by atoms with Crippen LogP contribution in [0.15, 0.2) is 53.5 Å². The zero-order valence-electron chi connectivity index (χ0n) is 15.6. The van der Waals surface area contributed by atoms with E-state index in [-0.39, 0.29) is 24.0 Å². The molecule has 1 aliphatic heterocycles. The second-order valence-electron chi connectivity index (χ2n) is 7.03. The Morgan fingerprint density at radius 2 is 1.69 bits per heavy atom. The van der Waals surface area contributed by atoms with Crippen LogP contribution in [-0.2, 0) is 6.54 Å². The Morgan fingerprint density at radius 1 is 1.08 bits per heavy atom. The van der Waals surface area contributed by atoms with Crippen LogP contribution in [0, 0.1) is 12.8 Å². The molecule has 0 spiro atoms. The van der Waals surface area contributed by atoms with Crippen molar-refractivity contribution in [2.24, 2.45) is 16.6 Å². The molecule has 2 aromatic rings. The molecule has 0 bridgehead atoms. The third-order valence-corrected chi connectivity index (χ3v) is 4.84. The van der Waals surface area contributed by atoms with Gasteiger partial charge in [-0.25, -0.2) is 4.99 Å². The average molecular weight is 464 g/mol. The third kappa shape index (κ3) is 5.90. The molecule has 26 heavy (non-hydrogen) atoms. The van der Waals surface area contributed by atoms with Crippen LogP contribution in [0.3, 0.4) is 0 Å². The number of rotatable bonds is 4. The number of hydrogen-bond acceptors (Lipinski definition) is 2. The first-order chi connectivity index (χ1) is 12.1. The summed E-state index contributed by atoms with van der Waals surface area (Å²) in [5, 5.41) is 3.13. The minimum absolute atomic E-state index is 0. The molecule has 0 saturated carbocycles. The zero-order chi connectivity index (χ0) is 17.6. The van der Waals surface area contributed by atoms with Crippen LogP contribution < -0.4 is 16.0 Å². The van der Waals surface area contributed by atoms with Crippen LogP contribution in [0.1, 0.15) is 30.9 Å². The number of guanidine groups is 1. The Balaban J connectivity index is 0.00000243. The molecule has 0 aliphatic carbocycles. The molecule has 0 aromatic heterocycles. The quantitative estimate of drug-likeness (QED) is 0.389. The number of aryl methyl sites for hydroxylation is 1. The summed E-state index contributed by atoms with van der Waals surface area (Å²) in [6.45, 7) is 7.31. The first-order valence-corrected chi connectivity index (χ1v) is 9.07. The van der Waals surface area contributed by atoms with E-state index in [1.807, 2.05) is 12.1 Å². The van der Waals surface area contributed by atoms with Crippen molar-refractivity contribution in [3.8, 4) is 0 Å². The molecule has 4 nitrogen and oxygen atoms in total. The van der Waals surface area contributed by atoms with Gasteiger partial charge in [0.15, 0.2) is 5.96 Å². The van der Waals surface area contributed by atoms with Crippen molar-refractivity contribution in [1.29, 1.82) is 0 Å². The highest BCUT2D eigenvalue weighted by atomic mass is 127. The first kappa shape index (κ1) is 20.6.